The number of nitrogen functional groups attached to an aromatic ring is 1. The maximum atomic E-state index is 7.80. The lowest BCUT2D eigenvalue weighted by Gasteiger charge is -2.26. The Bertz CT molecular complexity index is 632. The van der Waals surface area contributed by atoms with Gasteiger partial charge < -0.3 is 10.6 Å². The smallest absolute Gasteiger partial charge is 0.124 e. The van der Waals surface area contributed by atoms with Crippen LogP contribution in [-0.4, -0.2) is 12.4 Å². The van der Waals surface area contributed by atoms with Gasteiger partial charge in [0.2, 0.25) is 0 Å². The van der Waals surface area contributed by atoms with Crippen LogP contribution in [0.5, 0.6) is 0 Å². The summed E-state index contributed by atoms with van der Waals surface area (Å²) in [4.78, 5) is 2.18. The largest absolute Gasteiger partial charge is 0.384 e. The van der Waals surface area contributed by atoms with Crippen LogP contribution >= 0.6 is 0 Å². The van der Waals surface area contributed by atoms with Crippen molar-refractivity contribution < 1.29 is 0 Å². The van der Waals surface area contributed by atoms with Gasteiger partial charge in [0, 0.05) is 17.8 Å². The highest BCUT2D eigenvalue weighted by molar-refractivity contribution is 6.01. The Morgan fingerprint density at radius 3 is 2.40 bits per heavy atom. The van der Waals surface area contributed by atoms with E-state index in [2.05, 4.69) is 49.1 Å². The van der Waals surface area contributed by atoms with E-state index in [1.165, 1.54) is 5.56 Å². The van der Waals surface area contributed by atoms with E-state index < -0.39 is 0 Å². The summed E-state index contributed by atoms with van der Waals surface area (Å²) in [6.07, 6.45) is 0. The van der Waals surface area contributed by atoms with E-state index in [4.69, 9.17) is 11.1 Å². The Kier molecular flexibility index (Phi) is 4.08. The second-order valence-electron chi connectivity index (χ2n) is 5.02. The van der Waals surface area contributed by atoms with Crippen molar-refractivity contribution in [1.82, 2.24) is 0 Å². The Balaban J connectivity index is 2.55. The van der Waals surface area contributed by atoms with Crippen LogP contribution in [0.25, 0.3) is 0 Å². The molecule has 0 unspecified atom stereocenters. The van der Waals surface area contributed by atoms with E-state index in [1.807, 2.05) is 19.1 Å². The summed E-state index contributed by atoms with van der Waals surface area (Å²) in [5.74, 6) is 0.106. The zero-order valence-corrected chi connectivity index (χ0v) is 12.3. The summed E-state index contributed by atoms with van der Waals surface area (Å²) in [6, 6.07) is 14.4. The summed E-state index contributed by atoms with van der Waals surface area (Å²) >= 11 is 0. The number of benzene rings is 2. The molecular formula is C17H21N3. The van der Waals surface area contributed by atoms with Crippen molar-refractivity contribution in [1.29, 1.82) is 5.41 Å². The van der Waals surface area contributed by atoms with Crippen molar-refractivity contribution in [3.8, 4) is 0 Å². The molecule has 0 aliphatic heterocycles. The standard InChI is InChI=1S/C17H21N3/c1-4-20(14-7-5-6-12(2)10-14)16-9-8-13(3)11-15(16)17(18)19/h5-11H,4H2,1-3H3,(H3,18,19). The molecule has 0 saturated carbocycles. The quantitative estimate of drug-likeness (QED) is 0.655. The lowest BCUT2D eigenvalue weighted by atomic mass is 10.1. The van der Waals surface area contributed by atoms with Gasteiger partial charge in [-0.2, -0.15) is 0 Å². The Morgan fingerprint density at radius 2 is 1.80 bits per heavy atom. The van der Waals surface area contributed by atoms with Gasteiger partial charge in [-0.05, 0) is 50.6 Å². The van der Waals surface area contributed by atoms with Gasteiger partial charge in [-0.3, -0.25) is 5.41 Å². The first-order chi connectivity index (χ1) is 9.52. The molecule has 20 heavy (non-hydrogen) atoms. The molecule has 2 aromatic rings. The minimum absolute atomic E-state index is 0.106. The highest BCUT2D eigenvalue weighted by Crippen LogP contribution is 2.29. The topological polar surface area (TPSA) is 53.1 Å². The molecule has 104 valence electrons. The second-order valence-corrected chi connectivity index (χ2v) is 5.02. The molecular weight excluding hydrogens is 246 g/mol. The molecule has 3 heteroatoms. The van der Waals surface area contributed by atoms with Gasteiger partial charge in [0.1, 0.15) is 5.84 Å². The molecule has 0 bridgehead atoms. The van der Waals surface area contributed by atoms with Gasteiger partial charge in [-0.1, -0.05) is 23.8 Å². The fourth-order valence-electron chi connectivity index (χ4n) is 2.39. The number of anilines is 2. The number of nitrogens with zero attached hydrogens (tertiary/aromatic N) is 1. The lowest BCUT2D eigenvalue weighted by molar-refractivity contribution is 1.02. The van der Waals surface area contributed by atoms with E-state index in [-0.39, 0.29) is 5.84 Å². The number of nitrogens with two attached hydrogens (primary N) is 1. The molecule has 0 radical (unpaired) electrons. The molecule has 0 fully saturated rings. The maximum absolute atomic E-state index is 7.80. The van der Waals surface area contributed by atoms with Crippen LogP contribution in [0.1, 0.15) is 23.6 Å². The number of amidine groups is 1. The van der Waals surface area contributed by atoms with E-state index in [0.717, 1.165) is 29.0 Å². The van der Waals surface area contributed by atoms with Gasteiger partial charge >= 0.3 is 0 Å². The van der Waals surface area contributed by atoms with Gasteiger partial charge in [-0.15, -0.1) is 0 Å². The van der Waals surface area contributed by atoms with Crippen LogP contribution in [0.15, 0.2) is 42.5 Å². The van der Waals surface area contributed by atoms with Crippen LogP contribution in [0.2, 0.25) is 0 Å². The highest BCUT2D eigenvalue weighted by Gasteiger charge is 2.13. The first kappa shape index (κ1) is 14.1. The van der Waals surface area contributed by atoms with Gasteiger partial charge in [0.25, 0.3) is 0 Å². The van der Waals surface area contributed by atoms with Crippen LogP contribution in [0.3, 0.4) is 0 Å². The SMILES string of the molecule is CCN(c1cccc(C)c1)c1ccc(C)cc1C(=N)N. The van der Waals surface area contributed by atoms with Crippen LogP contribution in [0, 0.1) is 19.3 Å². The summed E-state index contributed by atoms with van der Waals surface area (Å²) in [5, 5.41) is 7.80. The number of hydrogen-bond donors (Lipinski definition) is 2. The summed E-state index contributed by atoms with van der Waals surface area (Å²) in [5.41, 5.74) is 11.0. The van der Waals surface area contributed by atoms with Crippen LogP contribution in [-0.2, 0) is 0 Å². The van der Waals surface area contributed by atoms with Gasteiger partial charge in [0.05, 0.1) is 5.69 Å². The van der Waals surface area contributed by atoms with Crippen LogP contribution in [0.4, 0.5) is 11.4 Å². The molecule has 0 heterocycles. The minimum atomic E-state index is 0.106. The number of aryl methyl sites for hydroxylation is 2. The van der Waals surface area contributed by atoms with Crippen molar-refractivity contribution >= 4 is 17.2 Å². The lowest BCUT2D eigenvalue weighted by Crippen LogP contribution is -2.22. The molecule has 0 saturated heterocycles. The van der Waals surface area contributed by atoms with Crippen molar-refractivity contribution in [2.24, 2.45) is 5.73 Å². The summed E-state index contributed by atoms with van der Waals surface area (Å²) in [6.45, 7) is 7.02. The summed E-state index contributed by atoms with van der Waals surface area (Å²) in [7, 11) is 0. The highest BCUT2D eigenvalue weighted by atomic mass is 15.1. The van der Waals surface area contributed by atoms with Crippen molar-refractivity contribution in [2.75, 3.05) is 11.4 Å². The molecule has 2 rings (SSSR count). The fourth-order valence-corrected chi connectivity index (χ4v) is 2.39. The van der Waals surface area contributed by atoms with Crippen molar-refractivity contribution in [3.05, 3.63) is 59.2 Å². The second kappa shape index (κ2) is 5.78. The predicted molar refractivity (Wildman–Crippen MR) is 86.1 cm³/mol. The Morgan fingerprint density at radius 1 is 1.10 bits per heavy atom. The predicted octanol–water partition coefficient (Wildman–Crippen LogP) is 3.75. The molecule has 3 N–H and O–H groups in total. The average molecular weight is 267 g/mol. The normalized spacial score (nSPS) is 10.3. The molecule has 2 aromatic carbocycles. The zero-order chi connectivity index (χ0) is 14.7. The average Bonchev–Trinajstić information content (AvgIpc) is 2.41. The third kappa shape index (κ3) is 2.82. The number of rotatable bonds is 4. The molecule has 3 nitrogen and oxygen atoms in total. The third-order valence-electron chi connectivity index (χ3n) is 3.36. The monoisotopic (exact) mass is 267 g/mol. The van der Waals surface area contributed by atoms with Gasteiger partial charge in [-0.25, -0.2) is 0 Å². The summed E-state index contributed by atoms with van der Waals surface area (Å²) < 4.78 is 0. The van der Waals surface area contributed by atoms with Gasteiger partial charge in [0.15, 0.2) is 0 Å². The molecule has 0 atom stereocenters. The first-order valence-corrected chi connectivity index (χ1v) is 6.82. The van der Waals surface area contributed by atoms with E-state index in [1.54, 1.807) is 0 Å². The molecule has 0 aliphatic carbocycles. The molecule has 0 aliphatic rings. The Hall–Kier alpha value is -2.29. The number of hydrogen-bond acceptors (Lipinski definition) is 2. The fraction of sp³-hybridized carbons (Fsp3) is 0.235. The third-order valence-corrected chi connectivity index (χ3v) is 3.36. The van der Waals surface area contributed by atoms with E-state index >= 15 is 0 Å². The molecule has 0 aromatic heterocycles. The van der Waals surface area contributed by atoms with E-state index in [0.29, 0.717) is 0 Å². The molecule has 0 spiro atoms. The van der Waals surface area contributed by atoms with Crippen LogP contribution < -0.4 is 10.6 Å². The zero-order valence-electron chi connectivity index (χ0n) is 12.3. The maximum Gasteiger partial charge on any atom is 0.124 e. The minimum Gasteiger partial charge on any atom is -0.384 e. The van der Waals surface area contributed by atoms with Crippen molar-refractivity contribution in [3.63, 3.8) is 0 Å². The Labute approximate surface area is 120 Å². The van der Waals surface area contributed by atoms with E-state index in [9.17, 15) is 0 Å². The first-order valence-electron chi connectivity index (χ1n) is 6.82. The molecule has 0 amide bonds. The number of nitrogens with one attached hydrogen (secondary N) is 1. The van der Waals surface area contributed by atoms with Crippen molar-refractivity contribution in [2.45, 2.75) is 20.8 Å².